The van der Waals surface area contributed by atoms with Crippen LogP contribution in [0.2, 0.25) is 0 Å². The summed E-state index contributed by atoms with van der Waals surface area (Å²) in [5, 5.41) is 3.04. The first kappa shape index (κ1) is 15.4. The number of hydrogen-bond acceptors (Lipinski definition) is 6. The Morgan fingerprint density at radius 1 is 1.09 bits per heavy atom. The Labute approximate surface area is 135 Å². The number of benzene rings is 1. The van der Waals surface area contributed by atoms with Gasteiger partial charge in [-0.3, -0.25) is 0 Å². The zero-order chi connectivity index (χ0) is 16.4. The molecule has 2 fully saturated rings. The minimum atomic E-state index is -1.22. The van der Waals surface area contributed by atoms with Gasteiger partial charge in [0.15, 0.2) is 5.57 Å². The Morgan fingerprint density at radius 3 is 2.35 bits per heavy atom. The molecule has 2 aliphatic rings. The summed E-state index contributed by atoms with van der Waals surface area (Å²) in [6.07, 6.45) is 3.70. The number of hydrogen-bond donors (Lipinski definition) is 1. The fourth-order valence-corrected chi connectivity index (χ4v) is 2.76. The SMILES string of the molecule is CC1(C)OC(=O)C(=CNc2ccccc2N2CCCC2)C(=O)O1. The van der Waals surface area contributed by atoms with Gasteiger partial charge in [-0.1, -0.05) is 12.1 Å². The van der Waals surface area contributed by atoms with E-state index >= 15 is 0 Å². The van der Waals surface area contributed by atoms with Crippen molar-refractivity contribution in [1.82, 2.24) is 0 Å². The summed E-state index contributed by atoms with van der Waals surface area (Å²) in [6, 6.07) is 7.81. The van der Waals surface area contributed by atoms with Crippen LogP contribution in [0.5, 0.6) is 0 Å². The minimum Gasteiger partial charge on any atom is -0.419 e. The molecule has 0 amide bonds. The number of nitrogens with one attached hydrogen (secondary N) is 1. The summed E-state index contributed by atoms with van der Waals surface area (Å²) in [4.78, 5) is 26.2. The lowest BCUT2D eigenvalue weighted by atomic mass is 10.2. The maximum absolute atomic E-state index is 11.9. The van der Waals surface area contributed by atoms with Crippen molar-refractivity contribution in [1.29, 1.82) is 0 Å². The topological polar surface area (TPSA) is 67.9 Å². The molecule has 2 aliphatic heterocycles. The number of cyclic esters (lactones) is 2. The zero-order valence-electron chi connectivity index (χ0n) is 13.3. The van der Waals surface area contributed by atoms with Gasteiger partial charge < -0.3 is 19.7 Å². The first-order valence-electron chi connectivity index (χ1n) is 7.74. The third-order valence-electron chi connectivity index (χ3n) is 3.84. The van der Waals surface area contributed by atoms with Crippen LogP contribution < -0.4 is 10.2 Å². The molecule has 6 heteroatoms. The molecule has 2 saturated heterocycles. The number of ether oxygens (including phenoxy) is 2. The summed E-state index contributed by atoms with van der Waals surface area (Å²) in [5.74, 6) is -2.59. The third kappa shape index (κ3) is 3.31. The largest absolute Gasteiger partial charge is 0.419 e. The van der Waals surface area contributed by atoms with Gasteiger partial charge in [-0.25, -0.2) is 9.59 Å². The molecule has 1 N–H and O–H groups in total. The van der Waals surface area contributed by atoms with E-state index in [0.717, 1.165) is 24.5 Å². The van der Waals surface area contributed by atoms with Gasteiger partial charge in [-0.05, 0) is 25.0 Å². The predicted octanol–water partition coefficient (Wildman–Crippen LogP) is 2.42. The van der Waals surface area contributed by atoms with Crippen molar-refractivity contribution in [3.8, 4) is 0 Å². The van der Waals surface area contributed by atoms with Gasteiger partial charge >= 0.3 is 11.9 Å². The molecular weight excluding hydrogens is 296 g/mol. The van der Waals surface area contributed by atoms with Crippen molar-refractivity contribution in [3.05, 3.63) is 36.0 Å². The highest BCUT2D eigenvalue weighted by Crippen LogP contribution is 2.29. The Bertz CT molecular complexity index is 638. The van der Waals surface area contributed by atoms with E-state index in [-0.39, 0.29) is 5.57 Å². The van der Waals surface area contributed by atoms with E-state index in [4.69, 9.17) is 9.47 Å². The number of carbonyl (C=O) groups is 2. The quantitative estimate of drug-likeness (QED) is 0.525. The summed E-state index contributed by atoms with van der Waals surface area (Å²) < 4.78 is 10.1. The van der Waals surface area contributed by atoms with Crippen molar-refractivity contribution in [2.75, 3.05) is 23.3 Å². The van der Waals surface area contributed by atoms with Crippen LogP contribution in [-0.4, -0.2) is 30.8 Å². The molecule has 0 unspecified atom stereocenters. The molecule has 0 radical (unpaired) electrons. The lowest BCUT2D eigenvalue weighted by Crippen LogP contribution is -2.42. The molecule has 0 spiro atoms. The number of rotatable bonds is 3. The van der Waals surface area contributed by atoms with Gasteiger partial charge in [0.1, 0.15) is 0 Å². The van der Waals surface area contributed by atoms with Crippen molar-refractivity contribution in [3.63, 3.8) is 0 Å². The number of para-hydroxylation sites is 2. The van der Waals surface area contributed by atoms with Gasteiger partial charge in [0.05, 0.1) is 11.4 Å². The second-order valence-electron chi connectivity index (χ2n) is 6.09. The minimum absolute atomic E-state index is 0.138. The van der Waals surface area contributed by atoms with E-state index in [2.05, 4.69) is 10.2 Å². The zero-order valence-corrected chi connectivity index (χ0v) is 13.3. The van der Waals surface area contributed by atoms with Crippen molar-refractivity contribution in [2.24, 2.45) is 0 Å². The predicted molar refractivity (Wildman–Crippen MR) is 85.9 cm³/mol. The maximum Gasteiger partial charge on any atom is 0.350 e. The fourth-order valence-electron chi connectivity index (χ4n) is 2.76. The fraction of sp³-hybridized carbons (Fsp3) is 0.412. The molecular formula is C17H20N2O4. The molecule has 6 nitrogen and oxygen atoms in total. The summed E-state index contributed by atoms with van der Waals surface area (Å²) in [5.41, 5.74) is 1.76. The van der Waals surface area contributed by atoms with E-state index in [1.165, 1.54) is 32.9 Å². The van der Waals surface area contributed by atoms with Crippen molar-refractivity contribution >= 4 is 23.3 Å². The highest BCUT2D eigenvalue weighted by Gasteiger charge is 2.39. The summed E-state index contributed by atoms with van der Waals surface area (Å²) >= 11 is 0. The summed E-state index contributed by atoms with van der Waals surface area (Å²) in [7, 11) is 0. The van der Waals surface area contributed by atoms with Crippen molar-refractivity contribution < 1.29 is 19.1 Å². The van der Waals surface area contributed by atoms with Crippen molar-refractivity contribution in [2.45, 2.75) is 32.5 Å². The van der Waals surface area contributed by atoms with Crippen LogP contribution >= 0.6 is 0 Å². The van der Waals surface area contributed by atoms with Gasteiger partial charge in [0.2, 0.25) is 0 Å². The monoisotopic (exact) mass is 316 g/mol. The van der Waals surface area contributed by atoms with Crippen LogP contribution in [0.25, 0.3) is 0 Å². The lowest BCUT2D eigenvalue weighted by Gasteiger charge is -2.29. The van der Waals surface area contributed by atoms with Crippen LogP contribution in [0, 0.1) is 0 Å². The van der Waals surface area contributed by atoms with E-state index in [0.29, 0.717) is 0 Å². The second kappa shape index (κ2) is 5.95. The average molecular weight is 316 g/mol. The van der Waals surface area contributed by atoms with E-state index < -0.39 is 17.7 Å². The van der Waals surface area contributed by atoms with Gasteiger partial charge in [0, 0.05) is 33.1 Å². The smallest absolute Gasteiger partial charge is 0.350 e. The maximum atomic E-state index is 11.9. The first-order valence-corrected chi connectivity index (χ1v) is 7.74. The third-order valence-corrected chi connectivity index (χ3v) is 3.84. The molecule has 122 valence electrons. The number of esters is 2. The summed E-state index contributed by atoms with van der Waals surface area (Å²) in [6.45, 7) is 5.06. The molecule has 1 aromatic rings. The van der Waals surface area contributed by atoms with Crippen LogP contribution in [0.1, 0.15) is 26.7 Å². The molecule has 0 aromatic heterocycles. The Balaban J connectivity index is 1.80. The van der Waals surface area contributed by atoms with E-state index in [1.807, 2.05) is 24.3 Å². The molecule has 1 aromatic carbocycles. The first-order chi connectivity index (χ1) is 11.0. The number of carbonyl (C=O) groups excluding carboxylic acids is 2. The molecule has 0 saturated carbocycles. The van der Waals surface area contributed by atoms with E-state index in [1.54, 1.807) is 0 Å². The van der Waals surface area contributed by atoms with Gasteiger partial charge in [-0.15, -0.1) is 0 Å². The molecule has 3 rings (SSSR count). The average Bonchev–Trinajstić information content (AvgIpc) is 2.99. The van der Waals surface area contributed by atoms with Crippen LogP contribution in [0.3, 0.4) is 0 Å². The van der Waals surface area contributed by atoms with Gasteiger partial charge in [-0.2, -0.15) is 0 Å². The Kier molecular flexibility index (Phi) is 3.98. The standard InChI is InChI=1S/C17H20N2O4/c1-17(2)22-15(20)12(16(21)23-17)11-18-13-7-3-4-8-14(13)19-9-5-6-10-19/h3-4,7-8,11,18H,5-6,9-10H2,1-2H3. The highest BCUT2D eigenvalue weighted by atomic mass is 16.7. The van der Waals surface area contributed by atoms with Crippen LogP contribution in [0.4, 0.5) is 11.4 Å². The molecule has 2 heterocycles. The molecule has 0 bridgehead atoms. The second-order valence-corrected chi connectivity index (χ2v) is 6.09. The van der Waals surface area contributed by atoms with E-state index in [9.17, 15) is 9.59 Å². The molecule has 0 atom stereocenters. The normalized spacial score (nSPS) is 20.1. The molecule has 0 aliphatic carbocycles. The Hall–Kier alpha value is -2.50. The molecule has 23 heavy (non-hydrogen) atoms. The highest BCUT2D eigenvalue weighted by molar-refractivity contribution is 6.15. The van der Waals surface area contributed by atoms with Gasteiger partial charge in [0.25, 0.3) is 5.79 Å². The number of anilines is 2. The lowest BCUT2D eigenvalue weighted by molar-refractivity contribution is -0.222. The number of nitrogens with zero attached hydrogens (tertiary/aromatic N) is 1. The Morgan fingerprint density at radius 2 is 1.70 bits per heavy atom. The van der Waals surface area contributed by atoms with Crippen LogP contribution in [-0.2, 0) is 19.1 Å². The van der Waals surface area contributed by atoms with Crippen LogP contribution in [0.15, 0.2) is 36.0 Å².